The Kier molecular flexibility index (Phi) is 3.63. The molecule has 2 aliphatic rings. The Hall–Kier alpha value is -1.05. The average molecular weight is 348 g/mol. The highest BCUT2D eigenvalue weighted by atomic mass is 28.4. The van der Waals surface area contributed by atoms with Crippen molar-refractivity contribution in [2.75, 3.05) is 12.4 Å². The summed E-state index contributed by atoms with van der Waals surface area (Å²) < 4.78 is 12.3. The van der Waals surface area contributed by atoms with E-state index in [1.807, 2.05) is 7.11 Å². The molecule has 0 bridgehead atoms. The number of allylic oxidation sites excluding steroid dienone is 1. The molecule has 1 aromatic rings. The lowest BCUT2D eigenvalue weighted by Gasteiger charge is -2.30. The SMILES string of the molecule is CO[Si]1(C)C2=C1c1c(ccc(O[Si](C)(C)C)c1NC(C)(C)C)C2. The van der Waals surface area contributed by atoms with Gasteiger partial charge in [0, 0.05) is 18.2 Å². The van der Waals surface area contributed by atoms with Crippen LogP contribution in [0, 0.1) is 0 Å². The second-order valence-electron chi connectivity index (χ2n) is 8.83. The van der Waals surface area contributed by atoms with Gasteiger partial charge in [-0.05, 0) is 75.4 Å². The Morgan fingerprint density at radius 2 is 1.83 bits per heavy atom. The highest BCUT2D eigenvalue weighted by Crippen LogP contribution is 2.59. The van der Waals surface area contributed by atoms with Crippen LogP contribution >= 0.6 is 0 Å². The fourth-order valence-electron chi connectivity index (χ4n) is 3.46. The molecule has 126 valence electrons. The van der Waals surface area contributed by atoms with Crippen LogP contribution in [0.25, 0.3) is 5.20 Å². The molecule has 1 heterocycles. The standard InChI is InChI=1S/C18H29NO2Si2/c1-18(2,3)19-16-13(21-22(5,6)7)10-9-12-11-14-17(15(12)16)23(14,8)20-4/h9-10,19H,11H2,1-8H3. The predicted molar refractivity (Wildman–Crippen MR) is 103 cm³/mol. The van der Waals surface area contributed by atoms with Gasteiger partial charge in [0.15, 0.2) is 0 Å². The van der Waals surface area contributed by atoms with Crippen LogP contribution in [0.4, 0.5) is 5.69 Å². The summed E-state index contributed by atoms with van der Waals surface area (Å²) >= 11 is 0. The zero-order chi connectivity index (χ0) is 17.2. The molecule has 1 aromatic carbocycles. The summed E-state index contributed by atoms with van der Waals surface area (Å²) in [4.78, 5) is 0. The first-order chi connectivity index (χ1) is 10.5. The molecular weight excluding hydrogens is 318 g/mol. The highest BCUT2D eigenvalue weighted by Gasteiger charge is 2.58. The van der Waals surface area contributed by atoms with E-state index in [2.05, 4.69) is 64.4 Å². The number of benzene rings is 1. The van der Waals surface area contributed by atoms with Crippen LogP contribution < -0.4 is 9.74 Å². The van der Waals surface area contributed by atoms with Crippen molar-refractivity contribution in [2.45, 2.75) is 58.9 Å². The van der Waals surface area contributed by atoms with E-state index in [4.69, 9.17) is 8.85 Å². The van der Waals surface area contributed by atoms with Crippen molar-refractivity contribution in [1.82, 2.24) is 0 Å². The first-order valence-corrected chi connectivity index (χ1v) is 14.2. The molecule has 1 N–H and O–H groups in total. The molecule has 0 saturated heterocycles. The fraction of sp³-hybridized carbons (Fsp3) is 0.556. The summed E-state index contributed by atoms with van der Waals surface area (Å²) in [6.45, 7) is 15.6. The first kappa shape index (κ1) is 16.8. The van der Waals surface area contributed by atoms with Gasteiger partial charge in [-0.1, -0.05) is 6.07 Å². The Morgan fingerprint density at radius 3 is 2.35 bits per heavy atom. The molecule has 1 aliphatic heterocycles. The lowest BCUT2D eigenvalue weighted by atomic mass is 10.0. The number of fused-ring (bicyclic) bond motifs is 2. The van der Waals surface area contributed by atoms with Crippen molar-refractivity contribution >= 4 is 27.5 Å². The maximum absolute atomic E-state index is 6.40. The number of rotatable bonds is 4. The number of hydrogen-bond donors (Lipinski definition) is 1. The van der Waals surface area contributed by atoms with E-state index in [9.17, 15) is 0 Å². The Bertz CT molecular complexity index is 698. The van der Waals surface area contributed by atoms with Gasteiger partial charge in [-0.2, -0.15) is 0 Å². The van der Waals surface area contributed by atoms with Crippen LogP contribution in [-0.4, -0.2) is 29.3 Å². The quantitative estimate of drug-likeness (QED) is 0.798. The molecule has 0 amide bonds. The maximum atomic E-state index is 6.40. The van der Waals surface area contributed by atoms with Crippen molar-refractivity contribution in [3.8, 4) is 5.75 Å². The minimum atomic E-state index is -1.72. The molecule has 5 heteroatoms. The van der Waals surface area contributed by atoms with Gasteiger partial charge < -0.3 is 14.2 Å². The topological polar surface area (TPSA) is 30.5 Å². The molecule has 23 heavy (non-hydrogen) atoms. The van der Waals surface area contributed by atoms with E-state index < -0.39 is 16.6 Å². The molecule has 3 nitrogen and oxygen atoms in total. The molecule has 1 unspecified atom stereocenters. The lowest BCUT2D eigenvalue weighted by molar-refractivity contribution is 0.425. The number of nitrogens with one attached hydrogen (secondary N) is 1. The van der Waals surface area contributed by atoms with E-state index >= 15 is 0 Å². The second kappa shape index (κ2) is 4.97. The van der Waals surface area contributed by atoms with Crippen LogP contribution in [0.1, 0.15) is 31.9 Å². The Labute approximate surface area is 142 Å². The van der Waals surface area contributed by atoms with Crippen LogP contribution in [0.15, 0.2) is 17.3 Å². The fourth-order valence-corrected chi connectivity index (χ4v) is 7.61. The first-order valence-electron chi connectivity index (χ1n) is 8.39. The molecule has 1 aliphatic carbocycles. The third kappa shape index (κ3) is 2.90. The zero-order valence-corrected chi connectivity index (χ0v) is 17.7. The third-order valence-electron chi connectivity index (χ3n) is 4.49. The molecular formula is C18H29NO2Si2. The monoisotopic (exact) mass is 347 g/mol. The van der Waals surface area contributed by atoms with Gasteiger partial charge in [0.1, 0.15) is 5.75 Å². The van der Waals surface area contributed by atoms with Gasteiger partial charge in [-0.25, -0.2) is 0 Å². The van der Waals surface area contributed by atoms with Gasteiger partial charge in [0.05, 0.1) is 5.69 Å². The van der Waals surface area contributed by atoms with E-state index in [-0.39, 0.29) is 5.54 Å². The lowest BCUT2D eigenvalue weighted by Crippen LogP contribution is -2.32. The van der Waals surface area contributed by atoms with Gasteiger partial charge in [0.2, 0.25) is 16.6 Å². The summed E-state index contributed by atoms with van der Waals surface area (Å²) in [6, 6.07) is 4.40. The minimum Gasteiger partial charge on any atom is -0.543 e. The molecule has 0 fully saturated rings. The minimum absolute atomic E-state index is 0.00406. The molecule has 1 atom stereocenters. The number of anilines is 1. The Morgan fingerprint density at radius 1 is 1.17 bits per heavy atom. The summed E-state index contributed by atoms with van der Waals surface area (Å²) in [7, 11) is -1.52. The van der Waals surface area contributed by atoms with Crippen LogP contribution in [0.2, 0.25) is 26.2 Å². The van der Waals surface area contributed by atoms with Crippen LogP contribution in [0.5, 0.6) is 5.75 Å². The summed E-state index contributed by atoms with van der Waals surface area (Å²) in [5.41, 5.74) is 3.97. The van der Waals surface area contributed by atoms with Gasteiger partial charge >= 0.3 is 0 Å². The highest BCUT2D eigenvalue weighted by molar-refractivity contribution is 7.10. The van der Waals surface area contributed by atoms with E-state index in [1.54, 1.807) is 5.20 Å². The van der Waals surface area contributed by atoms with E-state index in [1.165, 1.54) is 22.0 Å². The van der Waals surface area contributed by atoms with Gasteiger partial charge in [0.25, 0.3) is 0 Å². The molecule has 0 aromatic heterocycles. The summed E-state index contributed by atoms with van der Waals surface area (Å²) in [6.07, 6.45) is 1.06. The van der Waals surface area contributed by atoms with Gasteiger partial charge in [-0.3, -0.25) is 0 Å². The largest absolute Gasteiger partial charge is 0.543 e. The maximum Gasteiger partial charge on any atom is 0.248 e. The van der Waals surface area contributed by atoms with Crippen LogP contribution in [-0.2, 0) is 10.8 Å². The van der Waals surface area contributed by atoms with E-state index in [0.717, 1.165) is 12.2 Å². The predicted octanol–water partition coefficient (Wildman–Crippen LogP) is 4.73. The number of hydrogen-bond acceptors (Lipinski definition) is 3. The zero-order valence-electron chi connectivity index (χ0n) is 15.7. The van der Waals surface area contributed by atoms with Gasteiger partial charge in [-0.15, -0.1) is 0 Å². The smallest absolute Gasteiger partial charge is 0.248 e. The van der Waals surface area contributed by atoms with Crippen molar-refractivity contribution in [2.24, 2.45) is 0 Å². The summed E-state index contributed by atoms with van der Waals surface area (Å²) in [5, 5.41) is 6.79. The van der Waals surface area contributed by atoms with Crippen LogP contribution in [0.3, 0.4) is 0 Å². The normalized spacial score (nSPS) is 22.8. The average Bonchev–Trinajstić information content (AvgIpc) is 2.78. The van der Waals surface area contributed by atoms with E-state index in [0.29, 0.717) is 0 Å². The van der Waals surface area contributed by atoms with Crippen molar-refractivity contribution < 1.29 is 8.85 Å². The molecule has 0 saturated carbocycles. The summed E-state index contributed by atoms with van der Waals surface area (Å²) in [5.74, 6) is 1.01. The third-order valence-corrected chi connectivity index (χ3v) is 8.97. The Balaban J connectivity index is 2.10. The van der Waals surface area contributed by atoms with Crippen molar-refractivity contribution in [3.63, 3.8) is 0 Å². The molecule has 3 rings (SSSR count). The van der Waals surface area contributed by atoms with Crippen molar-refractivity contribution in [3.05, 3.63) is 28.5 Å². The molecule has 0 spiro atoms. The van der Waals surface area contributed by atoms with Crippen molar-refractivity contribution in [1.29, 1.82) is 0 Å². The second-order valence-corrected chi connectivity index (χ2v) is 16.8. The molecule has 0 radical (unpaired) electrons.